The van der Waals surface area contributed by atoms with Crippen molar-refractivity contribution in [2.75, 3.05) is 13.2 Å². The highest BCUT2D eigenvalue weighted by Crippen LogP contribution is 2.25. The summed E-state index contributed by atoms with van der Waals surface area (Å²) in [6.07, 6.45) is 0. The van der Waals surface area contributed by atoms with Crippen LogP contribution in [0.5, 0.6) is 11.5 Å². The average molecular weight is 284 g/mol. The van der Waals surface area contributed by atoms with Crippen LogP contribution >= 0.6 is 0 Å². The quantitative estimate of drug-likeness (QED) is 0.462. The van der Waals surface area contributed by atoms with Crippen LogP contribution in [0.3, 0.4) is 0 Å². The van der Waals surface area contributed by atoms with E-state index < -0.39 is 4.92 Å². The second-order valence-electron chi connectivity index (χ2n) is 4.06. The van der Waals surface area contributed by atoms with Gasteiger partial charge in [-0.15, -0.1) is 0 Å². The molecule has 0 atom stereocenters. The minimum atomic E-state index is -0.489. The highest BCUT2D eigenvalue weighted by molar-refractivity contribution is 5.45. The molecule has 2 aromatic carbocycles. The zero-order valence-corrected chi connectivity index (χ0v) is 11.1. The van der Waals surface area contributed by atoms with Gasteiger partial charge in [0.15, 0.2) is 5.75 Å². The number of hydrogen-bond acceptors (Lipinski definition) is 5. The molecule has 0 aliphatic carbocycles. The number of ether oxygens (including phenoxy) is 2. The van der Waals surface area contributed by atoms with Crippen LogP contribution < -0.4 is 9.47 Å². The molecule has 0 spiro atoms. The standard InChI is InChI=1S/C15H12N2O4/c16-11-12-5-7-13(8-6-12)20-9-10-21-15-4-2-1-3-14(15)17(18)19/h1-8H,9-10H2. The minimum Gasteiger partial charge on any atom is -0.490 e. The van der Waals surface area contributed by atoms with Crippen LogP contribution in [0, 0.1) is 21.4 Å². The molecule has 0 unspecified atom stereocenters. The Morgan fingerprint density at radius 1 is 1.05 bits per heavy atom. The molecule has 0 saturated carbocycles. The van der Waals surface area contributed by atoms with Gasteiger partial charge in [-0.05, 0) is 30.3 Å². The molecule has 0 heterocycles. The fraction of sp³-hybridized carbons (Fsp3) is 0.133. The molecule has 0 aromatic heterocycles. The first-order chi connectivity index (χ1) is 10.2. The van der Waals surface area contributed by atoms with Gasteiger partial charge in [-0.1, -0.05) is 12.1 Å². The molecule has 21 heavy (non-hydrogen) atoms. The van der Waals surface area contributed by atoms with Gasteiger partial charge < -0.3 is 9.47 Å². The van der Waals surface area contributed by atoms with Gasteiger partial charge in [0.2, 0.25) is 0 Å². The van der Waals surface area contributed by atoms with Crippen molar-refractivity contribution in [1.29, 1.82) is 5.26 Å². The summed E-state index contributed by atoms with van der Waals surface area (Å²) < 4.78 is 10.8. The maximum absolute atomic E-state index is 10.8. The van der Waals surface area contributed by atoms with Gasteiger partial charge in [-0.3, -0.25) is 10.1 Å². The summed E-state index contributed by atoms with van der Waals surface area (Å²) >= 11 is 0. The van der Waals surface area contributed by atoms with E-state index in [2.05, 4.69) is 0 Å². The van der Waals surface area contributed by atoms with E-state index in [1.54, 1.807) is 42.5 Å². The maximum Gasteiger partial charge on any atom is 0.310 e. The topological polar surface area (TPSA) is 85.4 Å². The molecular weight excluding hydrogens is 272 g/mol. The first kappa shape index (κ1) is 14.3. The number of nitro benzene ring substituents is 1. The molecule has 0 aliphatic rings. The molecular formula is C15H12N2O4. The number of nitrogens with zero attached hydrogens (tertiary/aromatic N) is 2. The highest BCUT2D eigenvalue weighted by Gasteiger charge is 2.13. The molecule has 106 valence electrons. The normalized spacial score (nSPS) is 9.67. The molecule has 0 N–H and O–H groups in total. The van der Waals surface area contributed by atoms with E-state index in [1.807, 2.05) is 6.07 Å². The fourth-order valence-corrected chi connectivity index (χ4v) is 1.67. The molecule has 2 rings (SSSR count). The maximum atomic E-state index is 10.8. The second-order valence-corrected chi connectivity index (χ2v) is 4.06. The van der Waals surface area contributed by atoms with E-state index in [1.165, 1.54) is 6.07 Å². The lowest BCUT2D eigenvalue weighted by Gasteiger charge is -2.08. The average Bonchev–Trinajstić information content (AvgIpc) is 2.52. The Labute approximate surface area is 121 Å². The summed E-state index contributed by atoms with van der Waals surface area (Å²) in [6.45, 7) is 0.433. The molecule has 0 aliphatic heterocycles. The molecule has 0 bridgehead atoms. The predicted octanol–water partition coefficient (Wildman–Crippen LogP) is 2.92. The van der Waals surface area contributed by atoms with Crippen molar-refractivity contribution >= 4 is 5.69 Å². The molecule has 0 radical (unpaired) electrons. The summed E-state index contributed by atoms with van der Waals surface area (Å²) in [5.41, 5.74) is 0.481. The van der Waals surface area contributed by atoms with E-state index in [0.29, 0.717) is 11.3 Å². The number of benzene rings is 2. The minimum absolute atomic E-state index is 0.0733. The SMILES string of the molecule is N#Cc1ccc(OCCOc2ccccc2[N+](=O)[O-])cc1. The Morgan fingerprint density at radius 2 is 1.71 bits per heavy atom. The molecule has 0 amide bonds. The van der Waals surface area contributed by atoms with Gasteiger partial charge in [-0.2, -0.15) is 5.26 Å². The van der Waals surface area contributed by atoms with Crippen LogP contribution in [0.4, 0.5) is 5.69 Å². The smallest absolute Gasteiger partial charge is 0.310 e. The van der Waals surface area contributed by atoms with Crippen molar-refractivity contribution in [3.05, 3.63) is 64.2 Å². The highest BCUT2D eigenvalue weighted by atomic mass is 16.6. The van der Waals surface area contributed by atoms with Gasteiger partial charge in [0.1, 0.15) is 19.0 Å². The van der Waals surface area contributed by atoms with Gasteiger partial charge in [0, 0.05) is 6.07 Å². The van der Waals surface area contributed by atoms with Crippen molar-refractivity contribution in [3.8, 4) is 17.6 Å². The molecule has 2 aromatic rings. The van der Waals surface area contributed by atoms with Crippen LogP contribution in [0.15, 0.2) is 48.5 Å². The van der Waals surface area contributed by atoms with E-state index >= 15 is 0 Å². The van der Waals surface area contributed by atoms with Gasteiger partial charge >= 0.3 is 5.69 Å². The Kier molecular flexibility index (Phi) is 4.72. The van der Waals surface area contributed by atoms with Crippen molar-refractivity contribution in [1.82, 2.24) is 0 Å². The first-order valence-corrected chi connectivity index (χ1v) is 6.20. The van der Waals surface area contributed by atoms with Gasteiger partial charge in [0.05, 0.1) is 16.6 Å². The molecule has 0 saturated heterocycles. The van der Waals surface area contributed by atoms with E-state index in [9.17, 15) is 10.1 Å². The number of nitro groups is 1. The number of para-hydroxylation sites is 2. The zero-order chi connectivity index (χ0) is 15.1. The van der Waals surface area contributed by atoms with Gasteiger partial charge in [0.25, 0.3) is 0 Å². The number of rotatable bonds is 6. The molecule has 6 nitrogen and oxygen atoms in total. The largest absolute Gasteiger partial charge is 0.490 e. The van der Waals surface area contributed by atoms with E-state index in [0.717, 1.165) is 0 Å². The lowest BCUT2D eigenvalue weighted by molar-refractivity contribution is -0.385. The van der Waals surface area contributed by atoms with E-state index in [-0.39, 0.29) is 24.7 Å². The third-order valence-electron chi connectivity index (χ3n) is 2.65. The zero-order valence-electron chi connectivity index (χ0n) is 11.1. The third kappa shape index (κ3) is 3.94. The third-order valence-corrected chi connectivity index (χ3v) is 2.65. The summed E-state index contributed by atoms with van der Waals surface area (Å²) in [7, 11) is 0. The Hall–Kier alpha value is -3.07. The second kappa shape index (κ2) is 6.91. The lowest BCUT2D eigenvalue weighted by Crippen LogP contribution is -2.09. The van der Waals surface area contributed by atoms with Crippen molar-refractivity contribution in [2.45, 2.75) is 0 Å². The van der Waals surface area contributed by atoms with Crippen LogP contribution in [0.25, 0.3) is 0 Å². The first-order valence-electron chi connectivity index (χ1n) is 6.20. The van der Waals surface area contributed by atoms with Crippen LogP contribution in [-0.4, -0.2) is 18.1 Å². The lowest BCUT2D eigenvalue weighted by atomic mass is 10.2. The van der Waals surface area contributed by atoms with Crippen LogP contribution in [0.2, 0.25) is 0 Å². The van der Waals surface area contributed by atoms with Crippen molar-refractivity contribution in [3.63, 3.8) is 0 Å². The van der Waals surface area contributed by atoms with Gasteiger partial charge in [-0.25, -0.2) is 0 Å². The Morgan fingerprint density at radius 3 is 2.38 bits per heavy atom. The van der Waals surface area contributed by atoms with Crippen molar-refractivity contribution < 1.29 is 14.4 Å². The van der Waals surface area contributed by atoms with Crippen LogP contribution in [0.1, 0.15) is 5.56 Å². The van der Waals surface area contributed by atoms with E-state index in [4.69, 9.17) is 14.7 Å². The van der Waals surface area contributed by atoms with Crippen LogP contribution in [-0.2, 0) is 0 Å². The van der Waals surface area contributed by atoms with Crippen molar-refractivity contribution in [2.24, 2.45) is 0 Å². The number of nitriles is 1. The molecule has 0 fully saturated rings. The number of hydrogen-bond donors (Lipinski definition) is 0. The molecule has 6 heteroatoms. The summed E-state index contributed by atoms with van der Waals surface area (Å²) in [4.78, 5) is 10.3. The Balaban J connectivity index is 1.85. The summed E-state index contributed by atoms with van der Waals surface area (Å²) in [5, 5.41) is 19.5. The Bertz CT molecular complexity index is 662. The summed E-state index contributed by atoms with van der Waals surface area (Å²) in [5.74, 6) is 0.825. The summed E-state index contributed by atoms with van der Waals surface area (Å²) in [6, 6.07) is 14.9. The monoisotopic (exact) mass is 284 g/mol. The fourth-order valence-electron chi connectivity index (χ4n) is 1.67. The predicted molar refractivity (Wildman–Crippen MR) is 75.2 cm³/mol.